The minimum atomic E-state index is 0. The van der Waals surface area contributed by atoms with E-state index in [1.54, 1.807) is 14.2 Å². The molecule has 7 nitrogen and oxygen atoms in total. The molecule has 0 radical (unpaired) electrons. The second kappa shape index (κ2) is 13.0. The van der Waals surface area contributed by atoms with Crippen molar-refractivity contribution < 1.29 is 9.53 Å². The van der Waals surface area contributed by atoms with Crippen LogP contribution in [0.15, 0.2) is 59.6 Å². The summed E-state index contributed by atoms with van der Waals surface area (Å²) in [6, 6.07) is 18.1. The molecule has 168 valence electrons. The molecule has 2 N–H and O–H groups in total. The van der Waals surface area contributed by atoms with E-state index in [9.17, 15) is 4.79 Å². The van der Waals surface area contributed by atoms with Gasteiger partial charge in [0.15, 0.2) is 5.96 Å². The number of ether oxygens (including phenoxy) is 1. The van der Waals surface area contributed by atoms with E-state index in [4.69, 9.17) is 4.74 Å². The van der Waals surface area contributed by atoms with Gasteiger partial charge in [-0.3, -0.25) is 9.79 Å². The molecule has 2 aromatic carbocycles. The van der Waals surface area contributed by atoms with Gasteiger partial charge in [-0.2, -0.15) is 0 Å². The number of carbonyl (C=O) groups excluding carboxylic acids is 1. The number of benzene rings is 2. The van der Waals surface area contributed by atoms with Gasteiger partial charge in [0.1, 0.15) is 5.75 Å². The number of hydrogen-bond donors (Lipinski definition) is 2. The van der Waals surface area contributed by atoms with E-state index in [-0.39, 0.29) is 29.9 Å². The number of piperazine rings is 1. The summed E-state index contributed by atoms with van der Waals surface area (Å²) in [4.78, 5) is 21.1. The number of anilines is 1. The third-order valence-corrected chi connectivity index (χ3v) is 5.20. The van der Waals surface area contributed by atoms with E-state index >= 15 is 0 Å². The Kier molecular flexibility index (Phi) is 10.4. The third-order valence-electron chi connectivity index (χ3n) is 5.20. The first-order valence-electron chi connectivity index (χ1n) is 10.3. The lowest BCUT2D eigenvalue weighted by Crippen LogP contribution is -2.52. The van der Waals surface area contributed by atoms with E-state index in [1.807, 2.05) is 42.5 Å². The number of amides is 1. The molecule has 1 fully saturated rings. The van der Waals surface area contributed by atoms with Crippen molar-refractivity contribution in [1.29, 1.82) is 0 Å². The van der Waals surface area contributed by atoms with E-state index in [1.165, 1.54) is 5.69 Å². The molecule has 1 aliphatic heterocycles. The van der Waals surface area contributed by atoms with Gasteiger partial charge in [-0.05, 0) is 29.8 Å². The molecule has 0 unspecified atom stereocenters. The first-order chi connectivity index (χ1) is 14.7. The van der Waals surface area contributed by atoms with Gasteiger partial charge in [0.2, 0.25) is 5.91 Å². The van der Waals surface area contributed by atoms with Crippen LogP contribution in [0, 0.1) is 0 Å². The number of halogens is 1. The molecule has 1 heterocycles. The summed E-state index contributed by atoms with van der Waals surface area (Å²) in [6.45, 7) is 4.72. The predicted molar refractivity (Wildman–Crippen MR) is 136 cm³/mol. The highest BCUT2D eigenvalue weighted by molar-refractivity contribution is 14.0. The zero-order chi connectivity index (χ0) is 21.2. The van der Waals surface area contributed by atoms with Crippen molar-refractivity contribution in [2.24, 2.45) is 4.99 Å². The van der Waals surface area contributed by atoms with Crippen LogP contribution < -0.4 is 20.3 Å². The number of methoxy groups -OCH3 is 1. The number of nitrogens with one attached hydrogen (secondary N) is 2. The molecule has 2 aromatic rings. The van der Waals surface area contributed by atoms with Crippen molar-refractivity contribution in [2.75, 3.05) is 51.8 Å². The smallest absolute Gasteiger partial charge is 0.222 e. The van der Waals surface area contributed by atoms with Gasteiger partial charge in [-0.15, -0.1) is 24.0 Å². The third kappa shape index (κ3) is 7.61. The molecule has 1 amide bonds. The van der Waals surface area contributed by atoms with E-state index in [0.717, 1.165) is 43.5 Å². The second-order valence-corrected chi connectivity index (χ2v) is 7.16. The standard InChI is InChI=1S/C23H31N5O2.HI/c1-24-23(25-13-12-22(29)26-18-19-6-4-3-5-7-19)28-16-14-27(15-17-28)20-8-10-21(30-2)11-9-20;/h3-11H,12-18H2,1-2H3,(H,24,25)(H,26,29);1H. The van der Waals surface area contributed by atoms with Gasteiger partial charge in [-0.25, -0.2) is 0 Å². The van der Waals surface area contributed by atoms with Crippen molar-refractivity contribution in [3.63, 3.8) is 0 Å². The monoisotopic (exact) mass is 537 g/mol. The molecule has 31 heavy (non-hydrogen) atoms. The summed E-state index contributed by atoms with van der Waals surface area (Å²) in [7, 11) is 3.47. The summed E-state index contributed by atoms with van der Waals surface area (Å²) >= 11 is 0. The van der Waals surface area contributed by atoms with Crippen molar-refractivity contribution >= 4 is 41.5 Å². The quantitative estimate of drug-likeness (QED) is 0.323. The van der Waals surface area contributed by atoms with Crippen LogP contribution >= 0.6 is 24.0 Å². The minimum absolute atomic E-state index is 0. The molecule has 8 heteroatoms. The largest absolute Gasteiger partial charge is 0.497 e. The zero-order valence-corrected chi connectivity index (χ0v) is 20.5. The number of aliphatic imine (C=N–C) groups is 1. The SMILES string of the molecule is CN=C(NCCC(=O)NCc1ccccc1)N1CCN(c2ccc(OC)cc2)CC1.I. The maximum atomic E-state index is 12.1. The van der Waals surface area contributed by atoms with Crippen molar-refractivity contribution in [3.05, 3.63) is 60.2 Å². The Hall–Kier alpha value is -2.49. The van der Waals surface area contributed by atoms with Gasteiger partial charge in [-0.1, -0.05) is 30.3 Å². The van der Waals surface area contributed by atoms with Crippen LogP contribution in [-0.4, -0.2) is 63.6 Å². The van der Waals surface area contributed by atoms with Gasteiger partial charge < -0.3 is 25.2 Å². The van der Waals surface area contributed by atoms with Gasteiger partial charge in [0.25, 0.3) is 0 Å². The van der Waals surface area contributed by atoms with Crippen molar-refractivity contribution in [2.45, 2.75) is 13.0 Å². The molecule has 1 aliphatic rings. The maximum absolute atomic E-state index is 12.1. The number of hydrogen-bond acceptors (Lipinski definition) is 4. The zero-order valence-electron chi connectivity index (χ0n) is 18.2. The summed E-state index contributed by atoms with van der Waals surface area (Å²) < 4.78 is 5.23. The first kappa shape index (κ1) is 24.8. The lowest BCUT2D eigenvalue weighted by molar-refractivity contribution is -0.121. The summed E-state index contributed by atoms with van der Waals surface area (Å²) in [6.07, 6.45) is 0.414. The Morgan fingerprint density at radius 2 is 1.68 bits per heavy atom. The van der Waals surface area contributed by atoms with E-state index in [0.29, 0.717) is 19.5 Å². The Labute approximate surface area is 201 Å². The summed E-state index contributed by atoms with van der Waals surface area (Å²) in [5.74, 6) is 1.75. The second-order valence-electron chi connectivity index (χ2n) is 7.16. The molecule has 0 saturated carbocycles. The molecule has 1 saturated heterocycles. The number of rotatable bonds is 7. The fraction of sp³-hybridized carbons (Fsp3) is 0.391. The van der Waals surface area contributed by atoms with Gasteiger partial charge in [0.05, 0.1) is 7.11 Å². The number of carbonyl (C=O) groups is 1. The molecule has 0 atom stereocenters. The van der Waals surface area contributed by atoms with E-state index < -0.39 is 0 Å². The lowest BCUT2D eigenvalue weighted by atomic mass is 10.2. The van der Waals surface area contributed by atoms with Crippen molar-refractivity contribution in [1.82, 2.24) is 15.5 Å². The minimum Gasteiger partial charge on any atom is -0.497 e. The highest BCUT2D eigenvalue weighted by Gasteiger charge is 2.20. The number of guanidine groups is 1. The highest BCUT2D eigenvalue weighted by Crippen LogP contribution is 2.20. The van der Waals surface area contributed by atoms with Crippen molar-refractivity contribution in [3.8, 4) is 5.75 Å². The summed E-state index contributed by atoms with van der Waals surface area (Å²) in [5, 5.41) is 6.27. The maximum Gasteiger partial charge on any atom is 0.222 e. The van der Waals surface area contributed by atoms with Gasteiger partial charge in [0, 0.05) is 58.4 Å². The average Bonchev–Trinajstić information content (AvgIpc) is 2.81. The normalized spacial score (nSPS) is 13.9. The molecule has 0 aromatic heterocycles. The van der Waals surface area contributed by atoms with Crippen LogP contribution in [0.3, 0.4) is 0 Å². The van der Waals surface area contributed by atoms with Crippen LogP contribution in [0.1, 0.15) is 12.0 Å². The lowest BCUT2D eigenvalue weighted by Gasteiger charge is -2.37. The molecule has 0 bridgehead atoms. The molecule has 3 rings (SSSR count). The molecular formula is C23H32IN5O2. The topological polar surface area (TPSA) is 69.2 Å². The van der Waals surface area contributed by atoms with Crippen LogP contribution in [-0.2, 0) is 11.3 Å². The Morgan fingerprint density at radius 3 is 2.29 bits per heavy atom. The first-order valence-corrected chi connectivity index (χ1v) is 10.3. The van der Waals surface area contributed by atoms with Crippen LogP contribution in [0.5, 0.6) is 5.75 Å². The Morgan fingerprint density at radius 1 is 1.00 bits per heavy atom. The van der Waals surface area contributed by atoms with Crippen LogP contribution in [0.25, 0.3) is 0 Å². The molecule has 0 spiro atoms. The predicted octanol–water partition coefficient (Wildman–Crippen LogP) is 2.72. The fourth-order valence-corrected chi connectivity index (χ4v) is 3.47. The Balaban J connectivity index is 0.00000341. The molecule has 0 aliphatic carbocycles. The van der Waals surface area contributed by atoms with Crippen LogP contribution in [0.2, 0.25) is 0 Å². The summed E-state index contributed by atoms with van der Waals surface area (Å²) in [5.41, 5.74) is 2.30. The van der Waals surface area contributed by atoms with E-state index in [2.05, 4.69) is 37.6 Å². The van der Waals surface area contributed by atoms with Gasteiger partial charge >= 0.3 is 0 Å². The highest BCUT2D eigenvalue weighted by atomic mass is 127. The van der Waals surface area contributed by atoms with Crippen LogP contribution in [0.4, 0.5) is 5.69 Å². The fourth-order valence-electron chi connectivity index (χ4n) is 3.47. The molecular weight excluding hydrogens is 505 g/mol. The Bertz CT molecular complexity index is 822. The number of nitrogens with zero attached hydrogens (tertiary/aromatic N) is 3. The average molecular weight is 537 g/mol.